The highest BCUT2D eigenvalue weighted by atomic mass is 16.4. The first-order valence-electron chi connectivity index (χ1n) is 17.3. The molecule has 182 valence electrons. The van der Waals surface area contributed by atoms with Gasteiger partial charge in [0, 0.05) is 16.9 Å². The maximum Gasteiger partial charge on any atom is 0.488 e. The van der Waals surface area contributed by atoms with Crippen LogP contribution in [0.25, 0.3) is 33.0 Å². The lowest BCUT2D eigenvalue weighted by molar-refractivity contribution is 0.426. The fraction of sp³-hybridized carbons (Fsp3) is 0. The van der Waals surface area contributed by atoms with E-state index in [-0.39, 0.29) is 22.0 Å². The first-order chi connectivity index (χ1) is 23.3. The number of hydrogen-bond donors (Lipinski definition) is 2. The van der Waals surface area contributed by atoms with Crippen molar-refractivity contribution in [1.29, 1.82) is 0 Å². The number of anilines is 3. The van der Waals surface area contributed by atoms with E-state index in [1.807, 2.05) is 42.5 Å². The van der Waals surface area contributed by atoms with Crippen LogP contribution in [0.1, 0.15) is 15.1 Å². The van der Waals surface area contributed by atoms with Crippen LogP contribution in [0.15, 0.2) is 145 Å². The second-order valence-corrected chi connectivity index (χ2v) is 8.40. The molecule has 0 spiro atoms. The SMILES string of the molecule is [2H]c1c([2H])c(N(c2ccc(-c3c([2H])c([2H])c([2H])c4c([2H])c([2H])c([2H])c([2H])c34)cc2)c2ccccc2-c2ccccc2)c([2H])c([2H])c1B(O)O. The van der Waals surface area contributed by atoms with Gasteiger partial charge >= 0.3 is 7.12 Å². The average Bonchev–Trinajstić information content (AvgIpc) is 3.10. The lowest BCUT2D eigenvalue weighted by atomic mass is 9.80. The molecule has 6 rings (SSSR count). The highest BCUT2D eigenvalue weighted by Crippen LogP contribution is 2.41. The van der Waals surface area contributed by atoms with Gasteiger partial charge in [-0.2, -0.15) is 0 Å². The highest BCUT2D eigenvalue weighted by molar-refractivity contribution is 6.58. The van der Waals surface area contributed by atoms with E-state index in [4.69, 9.17) is 15.1 Å². The van der Waals surface area contributed by atoms with Crippen LogP contribution in [0.5, 0.6) is 0 Å². The smallest absolute Gasteiger partial charge is 0.423 e. The van der Waals surface area contributed by atoms with Crippen molar-refractivity contribution in [2.75, 3.05) is 4.90 Å². The van der Waals surface area contributed by atoms with E-state index >= 15 is 0 Å². The molecule has 0 atom stereocenters. The van der Waals surface area contributed by atoms with Gasteiger partial charge in [-0.25, -0.2) is 0 Å². The van der Waals surface area contributed by atoms with E-state index in [9.17, 15) is 10.0 Å². The van der Waals surface area contributed by atoms with Crippen molar-refractivity contribution in [2.24, 2.45) is 0 Å². The maximum atomic E-state index is 9.88. The molecule has 4 heteroatoms. The summed E-state index contributed by atoms with van der Waals surface area (Å²) in [5.74, 6) is 0. The predicted octanol–water partition coefficient (Wildman–Crippen LogP) is 7.32. The molecule has 0 radical (unpaired) electrons. The third-order valence-electron chi connectivity index (χ3n) is 6.07. The molecule has 0 amide bonds. The third kappa shape index (κ3) is 4.59. The standard InChI is InChI=1S/C34H26BNO2/c37-35(38)28-19-23-30(24-20-28)36(34-16-7-6-14-33(34)26-9-2-1-3-10-26)29-21-17-27(18-22-29)32-15-8-12-25-11-4-5-13-31(25)32/h1-24,37-38H/i4D,5D,8D,11D,12D,13D,15D,19D,20D,23D,24D. The van der Waals surface area contributed by atoms with Crippen molar-refractivity contribution < 1.29 is 25.1 Å². The molecular weight excluding hydrogens is 465 g/mol. The Kier molecular flexibility index (Phi) is 3.92. The molecule has 0 heterocycles. The largest absolute Gasteiger partial charge is 0.488 e. The summed E-state index contributed by atoms with van der Waals surface area (Å²) < 4.78 is 93.9. The molecular formula is C34H26BNO2. The molecule has 0 unspecified atom stereocenters. The monoisotopic (exact) mass is 502 g/mol. The molecule has 0 fully saturated rings. The summed E-state index contributed by atoms with van der Waals surface area (Å²) in [6.45, 7) is 0. The molecule has 0 aliphatic heterocycles. The zero-order valence-electron chi connectivity index (χ0n) is 30.9. The Balaban J connectivity index is 1.65. The molecule has 3 nitrogen and oxygen atoms in total. The molecule has 0 aromatic heterocycles. The summed E-state index contributed by atoms with van der Waals surface area (Å²) in [6, 6.07) is 16.9. The van der Waals surface area contributed by atoms with Gasteiger partial charge in [0.25, 0.3) is 0 Å². The van der Waals surface area contributed by atoms with Crippen molar-refractivity contribution in [3.05, 3.63) is 145 Å². The first-order valence-corrected chi connectivity index (χ1v) is 11.8. The van der Waals surface area contributed by atoms with E-state index in [1.165, 1.54) is 4.90 Å². The molecule has 2 N–H and O–H groups in total. The van der Waals surface area contributed by atoms with Crippen LogP contribution < -0.4 is 10.4 Å². The van der Waals surface area contributed by atoms with Crippen LogP contribution in [0.2, 0.25) is 0 Å². The van der Waals surface area contributed by atoms with E-state index in [0.717, 1.165) is 5.56 Å². The minimum absolute atomic E-state index is 0.0244. The van der Waals surface area contributed by atoms with Gasteiger partial charge in [-0.3, -0.25) is 0 Å². The highest BCUT2D eigenvalue weighted by Gasteiger charge is 2.18. The molecule has 0 aliphatic rings. The van der Waals surface area contributed by atoms with Crippen LogP contribution in [0.3, 0.4) is 0 Å². The molecule has 6 aromatic rings. The molecule has 0 saturated heterocycles. The van der Waals surface area contributed by atoms with E-state index in [1.54, 1.807) is 36.4 Å². The number of nitrogens with zero attached hydrogens (tertiary/aromatic N) is 1. The first kappa shape index (κ1) is 14.3. The zero-order valence-corrected chi connectivity index (χ0v) is 19.9. The van der Waals surface area contributed by atoms with E-state index in [2.05, 4.69) is 0 Å². The van der Waals surface area contributed by atoms with Crippen molar-refractivity contribution in [3.63, 3.8) is 0 Å². The van der Waals surface area contributed by atoms with Gasteiger partial charge in [-0.15, -0.1) is 0 Å². The number of hydrogen-bond acceptors (Lipinski definition) is 3. The number of benzene rings is 6. The van der Waals surface area contributed by atoms with Crippen LogP contribution in [-0.4, -0.2) is 17.2 Å². The summed E-state index contributed by atoms with van der Waals surface area (Å²) in [4.78, 5) is 1.51. The van der Waals surface area contributed by atoms with Crippen molar-refractivity contribution in [2.45, 2.75) is 0 Å². The quantitative estimate of drug-likeness (QED) is 0.235. The zero-order chi connectivity index (χ0) is 35.5. The fourth-order valence-electron chi connectivity index (χ4n) is 4.28. The van der Waals surface area contributed by atoms with Crippen molar-refractivity contribution >= 4 is 40.4 Å². The summed E-state index contributed by atoms with van der Waals surface area (Å²) in [5, 5.41) is 19.5. The Morgan fingerprint density at radius 3 is 1.97 bits per heavy atom. The lowest BCUT2D eigenvalue weighted by Gasteiger charge is -2.28. The summed E-state index contributed by atoms with van der Waals surface area (Å²) in [5.41, 5.74) is 1.84. The third-order valence-corrected chi connectivity index (χ3v) is 6.07. The van der Waals surface area contributed by atoms with Gasteiger partial charge in [0.1, 0.15) is 0 Å². The van der Waals surface area contributed by atoms with E-state index < -0.39 is 79.0 Å². The Morgan fingerprint density at radius 1 is 0.553 bits per heavy atom. The second kappa shape index (κ2) is 10.4. The second-order valence-electron chi connectivity index (χ2n) is 8.40. The minimum Gasteiger partial charge on any atom is -0.423 e. The normalized spacial score (nSPS) is 14.9. The van der Waals surface area contributed by atoms with Gasteiger partial charge in [0.15, 0.2) is 0 Å². The Bertz CT molecular complexity index is 2250. The minimum atomic E-state index is -2.25. The van der Waals surface area contributed by atoms with E-state index in [0.29, 0.717) is 22.5 Å². The number of para-hydroxylation sites is 1. The van der Waals surface area contributed by atoms with Gasteiger partial charge in [0.05, 0.1) is 20.8 Å². The number of fused-ring (bicyclic) bond motifs is 1. The summed E-state index contributed by atoms with van der Waals surface area (Å²) in [7, 11) is -2.25. The van der Waals surface area contributed by atoms with Gasteiger partial charge < -0.3 is 14.9 Å². The van der Waals surface area contributed by atoms with Crippen LogP contribution >= 0.6 is 0 Å². The van der Waals surface area contributed by atoms with Crippen molar-refractivity contribution in [3.8, 4) is 22.3 Å². The Hall–Kier alpha value is -4.64. The number of rotatable bonds is 6. The van der Waals surface area contributed by atoms with Crippen LogP contribution in [-0.2, 0) is 0 Å². The summed E-state index contributed by atoms with van der Waals surface area (Å²) in [6.07, 6.45) is 0. The summed E-state index contributed by atoms with van der Waals surface area (Å²) >= 11 is 0. The maximum absolute atomic E-state index is 9.88. The van der Waals surface area contributed by atoms with Gasteiger partial charge in [-0.05, 0) is 63.2 Å². The van der Waals surface area contributed by atoms with Gasteiger partial charge in [0.2, 0.25) is 0 Å². The predicted molar refractivity (Wildman–Crippen MR) is 159 cm³/mol. The Labute approximate surface area is 238 Å². The van der Waals surface area contributed by atoms with Gasteiger partial charge in [-0.1, -0.05) is 115 Å². The Morgan fingerprint density at radius 2 is 1.21 bits per heavy atom. The molecule has 38 heavy (non-hydrogen) atoms. The fourth-order valence-corrected chi connectivity index (χ4v) is 4.28. The van der Waals surface area contributed by atoms with Crippen LogP contribution in [0, 0.1) is 0 Å². The lowest BCUT2D eigenvalue weighted by Crippen LogP contribution is -2.29. The van der Waals surface area contributed by atoms with Crippen LogP contribution in [0.4, 0.5) is 17.1 Å². The molecule has 0 saturated carbocycles. The average molecular weight is 502 g/mol. The molecule has 0 aliphatic carbocycles. The molecule has 6 aromatic carbocycles. The van der Waals surface area contributed by atoms with Crippen molar-refractivity contribution in [1.82, 2.24) is 0 Å². The molecule has 0 bridgehead atoms. The topological polar surface area (TPSA) is 43.7 Å².